The highest BCUT2D eigenvalue weighted by Gasteiger charge is 2.57. The SMILES string of the molecule is c1ccc(-c2ccc(-c3nc(-c4ccc(-c5ccccc5)cc4)nc(-c4ccc(C5(c6ccccc6)c6ccccc6C6(c7ccccc7)c7ccccc7-c7cccc5c76)cc4)n3)cc2)cc1. The summed E-state index contributed by atoms with van der Waals surface area (Å²) in [6.07, 6.45) is 0. The van der Waals surface area contributed by atoms with E-state index in [9.17, 15) is 0 Å². The third-order valence-electron chi connectivity index (χ3n) is 14.3. The Labute approximate surface area is 396 Å². The minimum Gasteiger partial charge on any atom is -0.208 e. The molecule has 10 aromatic carbocycles. The molecule has 0 saturated carbocycles. The van der Waals surface area contributed by atoms with Crippen LogP contribution in [0.25, 0.3) is 67.5 Å². The average molecular weight is 866 g/mol. The lowest BCUT2D eigenvalue weighted by atomic mass is 9.52. The van der Waals surface area contributed by atoms with Gasteiger partial charge in [0.2, 0.25) is 0 Å². The molecule has 3 nitrogen and oxygen atoms in total. The highest BCUT2D eigenvalue weighted by Crippen LogP contribution is 2.65. The van der Waals surface area contributed by atoms with Crippen molar-refractivity contribution >= 4 is 0 Å². The van der Waals surface area contributed by atoms with E-state index in [0.717, 1.165) is 27.8 Å². The van der Waals surface area contributed by atoms with E-state index in [0.29, 0.717) is 17.5 Å². The number of hydrogen-bond acceptors (Lipinski definition) is 3. The minimum absolute atomic E-state index is 0.505. The van der Waals surface area contributed by atoms with Gasteiger partial charge in [-0.3, -0.25) is 0 Å². The van der Waals surface area contributed by atoms with Crippen molar-refractivity contribution in [1.29, 1.82) is 0 Å². The Morgan fingerprint density at radius 2 is 0.529 bits per heavy atom. The molecule has 3 heteroatoms. The quantitative estimate of drug-likeness (QED) is 0.153. The summed E-state index contributed by atoms with van der Waals surface area (Å²) in [6.45, 7) is 0. The Bertz CT molecular complexity index is 3530. The molecular weight excluding hydrogens is 823 g/mol. The molecule has 13 rings (SSSR count). The molecule has 1 aromatic heterocycles. The van der Waals surface area contributed by atoms with Crippen molar-refractivity contribution in [3.8, 4) is 67.5 Å². The lowest BCUT2D eigenvalue weighted by molar-refractivity contribution is 0.627. The van der Waals surface area contributed by atoms with Gasteiger partial charge in [0, 0.05) is 16.7 Å². The van der Waals surface area contributed by atoms with Crippen LogP contribution in [0.3, 0.4) is 0 Å². The summed E-state index contributed by atoms with van der Waals surface area (Å²) in [5.74, 6) is 1.87. The maximum Gasteiger partial charge on any atom is 0.164 e. The Hall–Kier alpha value is -8.79. The number of nitrogens with zero attached hydrogens (tertiary/aromatic N) is 3. The summed E-state index contributed by atoms with van der Waals surface area (Å²) in [7, 11) is 0. The van der Waals surface area contributed by atoms with Crippen LogP contribution in [0.2, 0.25) is 0 Å². The van der Waals surface area contributed by atoms with E-state index in [1.165, 1.54) is 66.8 Å². The third kappa shape index (κ3) is 6.02. The zero-order chi connectivity index (χ0) is 45.1. The smallest absolute Gasteiger partial charge is 0.164 e. The number of benzene rings is 10. The fraction of sp³-hybridized carbons (Fsp3) is 0.0308. The van der Waals surface area contributed by atoms with Crippen LogP contribution in [-0.2, 0) is 10.8 Å². The summed E-state index contributed by atoms with van der Waals surface area (Å²) in [5.41, 5.74) is 19.0. The molecule has 68 heavy (non-hydrogen) atoms. The van der Waals surface area contributed by atoms with Gasteiger partial charge in [-0.25, -0.2) is 15.0 Å². The summed E-state index contributed by atoms with van der Waals surface area (Å²) < 4.78 is 0. The Balaban J connectivity index is 0.997. The van der Waals surface area contributed by atoms with Gasteiger partial charge in [0.05, 0.1) is 10.8 Å². The first-order valence-corrected chi connectivity index (χ1v) is 23.3. The van der Waals surface area contributed by atoms with Gasteiger partial charge >= 0.3 is 0 Å². The van der Waals surface area contributed by atoms with Crippen molar-refractivity contribution in [3.63, 3.8) is 0 Å². The molecule has 0 radical (unpaired) electrons. The zero-order valence-corrected chi connectivity index (χ0v) is 37.2. The van der Waals surface area contributed by atoms with E-state index in [-0.39, 0.29) is 0 Å². The molecule has 0 fully saturated rings. The Morgan fingerprint density at radius 3 is 1.03 bits per heavy atom. The van der Waals surface area contributed by atoms with Gasteiger partial charge in [-0.1, -0.05) is 261 Å². The monoisotopic (exact) mass is 865 g/mol. The first-order valence-electron chi connectivity index (χ1n) is 23.3. The highest BCUT2D eigenvalue weighted by atomic mass is 15.0. The van der Waals surface area contributed by atoms with Crippen LogP contribution < -0.4 is 0 Å². The molecule has 11 aromatic rings. The molecule has 0 bridgehead atoms. The van der Waals surface area contributed by atoms with Crippen molar-refractivity contribution < 1.29 is 0 Å². The van der Waals surface area contributed by atoms with Gasteiger partial charge in [0.25, 0.3) is 0 Å². The molecule has 318 valence electrons. The van der Waals surface area contributed by atoms with Crippen LogP contribution in [0.1, 0.15) is 44.5 Å². The number of fused-ring (bicyclic) bond motifs is 5. The van der Waals surface area contributed by atoms with Crippen molar-refractivity contribution in [2.45, 2.75) is 10.8 Å². The lowest BCUT2D eigenvalue weighted by Gasteiger charge is -2.49. The molecule has 0 aliphatic heterocycles. The highest BCUT2D eigenvalue weighted by molar-refractivity contribution is 5.92. The second kappa shape index (κ2) is 16.0. The van der Waals surface area contributed by atoms with Crippen LogP contribution >= 0.6 is 0 Å². The van der Waals surface area contributed by atoms with Gasteiger partial charge in [-0.15, -0.1) is 0 Å². The fourth-order valence-electron chi connectivity index (χ4n) is 11.4. The molecular formula is C65H43N3. The maximum atomic E-state index is 5.23. The Kier molecular flexibility index (Phi) is 9.29. The minimum atomic E-state index is -0.654. The van der Waals surface area contributed by atoms with Crippen molar-refractivity contribution in [1.82, 2.24) is 15.0 Å². The van der Waals surface area contributed by atoms with Crippen LogP contribution in [0, 0.1) is 0 Å². The van der Waals surface area contributed by atoms with Crippen molar-refractivity contribution in [2.75, 3.05) is 0 Å². The van der Waals surface area contributed by atoms with Gasteiger partial charge in [0.15, 0.2) is 17.5 Å². The molecule has 2 aliphatic rings. The normalized spacial score (nSPS) is 16.4. The third-order valence-corrected chi connectivity index (χ3v) is 14.3. The zero-order valence-electron chi connectivity index (χ0n) is 37.2. The van der Waals surface area contributed by atoms with Crippen LogP contribution in [0.4, 0.5) is 0 Å². The second-order valence-electron chi connectivity index (χ2n) is 17.8. The van der Waals surface area contributed by atoms with E-state index in [4.69, 9.17) is 15.0 Å². The van der Waals surface area contributed by atoms with E-state index in [1.807, 2.05) is 12.1 Å². The summed E-state index contributed by atoms with van der Waals surface area (Å²) >= 11 is 0. The molecule has 2 aliphatic carbocycles. The van der Waals surface area contributed by atoms with Gasteiger partial charge in [0.1, 0.15) is 0 Å². The molecule has 2 unspecified atom stereocenters. The van der Waals surface area contributed by atoms with E-state index >= 15 is 0 Å². The standard InChI is InChI=1S/C65H43N3/c1-5-18-44(19-6-1)46-32-36-48(37-33-46)61-66-62(49-38-34-47(35-39-49)45-20-7-2-8-21-45)68-63(67-61)50-40-42-53(43-41-50)64(51-22-9-3-10-23-51)57-29-15-16-30-58(57)65(52-24-11-4-12-25-52)56-28-14-13-26-54(56)55-27-17-31-59(64)60(55)65/h1-43H. The van der Waals surface area contributed by atoms with Crippen molar-refractivity contribution in [3.05, 3.63) is 305 Å². The van der Waals surface area contributed by atoms with Gasteiger partial charge in [-0.2, -0.15) is 0 Å². The molecule has 0 spiro atoms. The van der Waals surface area contributed by atoms with Crippen LogP contribution in [-0.4, -0.2) is 15.0 Å². The van der Waals surface area contributed by atoms with Crippen LogP contribution in [0.15, 0.2) is 261 Å². The fourth-order valence-corrected chi connectivity index (χ4v) is 11.4. The largest absolute Gasteiger partial charge is 0.208 e. The summed E-state index contributed by atoms with van der Waals surface area (Å²) in [6, 6.07) is 94.4. The first-order chi connectivity index (χ1) is 33.7. The van der Waals surface area contributed by atoms with Crippen LogP contribution in [0.5, 0.6) is 0 Å². The first kappa shape index (κ1) is 39.6. The average Bonchev–Trinajstić information content (AvgIpc) is 3.74. The van der Waals surface area contributed by atoms with Crippen molar-refractivity contribution in [2.24, 2.45) is 0 Å². The number of rotatable bonds is 8. The molecule has 0 saturated heterocycles. The lowest BCUT2D eigenvalue weighted by Crippen LogP contribution is -2.44. The maximum absolute atomic E-state index is 5.23. The predicted octanol–water partition coefficient (Wildman–Crippen LogP) is 15.3. The van der Waals surface area contributed by atoms with Gasteiger partial charge < -0.3 is 0 Å². The number of hydrogen-bond donors (Lipinski definition) is 0. The topological polar surface area (TPSA) is 38.7 Å². The van der Waals surface area contributed by atoms with E-state index < -0.39 is 10.8 Å². The molecule has 2 atom stereocenters. The van der Waals surface area contributed by atoms with E-state index in [1.54, 1.807) is 0 Å². The summed E-state index contributed by atoms with van der Waals surface area (Å²) in [4.78, 5) is 15.6. The molecule has 0 N–H and O–H groups in total. The number of aromatic nitrogens is 3. The summed E-state index contributed by atoms with van der Waals surface area (Å²) in [5, 5.41) is 0. The predicted molar refractivity (Wildman–Crippen MR) is 276 cm³/mol. The molecule has 1 heterocycles. The van der Waals surface area contributed by atoms with Gasteiger partial charge in [-0.05, 0) is 77.9 Å². The second-order valence-corrected chi connectivity index (χ2v) is 17.8. The van der Waals surface area contributed by atoms with E-state index in [2.05, 4.69) is 249 Å². The molecule has 0 amide bonds. The Morgan fingerprint density at radius 1 is 0.206 bits per heavy atom.